The lowest BCUT2D eigenvalue weighted by atomic mass is 9.48. The van der Waals surface area contributed by atoms with Gasteiger partial charge in [-0.05, 0) is 103 Å². The summed E-state index contributed by atoms with van der Waals surface area (Å²) in [6.45, 7) is 0. The molecule has 4 fully saturated rings. The zero-order valence-corrected chi connectivity index (χ0v) is 14.9. The van der Waals surface area contributed by atoms with Gasteiger partial charge in [0.15, 0.2) is 0 Å². The van der Waals surface area contributed by atoms with Gasteiger partial charge in [-0.25, -0.2) is 0 Å². The number of rotatable bonds is 5. The molecule has 2 nitrogen and oxygen atoms in total. The van der Waals surface area contributed by atoms with Crippen LogP contribution >= 0.6 is 27.3 Å². The van der Waals surface area contributed by atoms with Gasteiger partial charge in [-0.2, -0.15) is 0 Å². The minimum Gasteiger partial charge on any atom is -0.271 e. The summed E-state index contributed by atoms with van der Waals surface area (Å²) in [5.74, 6) is 9.00. The average Bonchev–Trinajstić information content (AvgIpc) is 2.81. The Kier molecular flexibility index (Phi) is 3.93. The monoisotopic (exact) mass is 368 g/mol. The highest BCUT2D eigenvalue weighted by Crippen LogP contribution is 2.61. The van der Waals surface area contributed by atoms with E-state index in [1.54, 1.807) is 0 Å². The number of hydrogen-bond acceptors (Lipinski definition) is 3. The lowest BCUT2D eigenvalue weighted by Crippen LogP contribution is -2.50. The fourth-order valence-electron chi connectivity index (χ4n) is 5.96. The van der Waals surface area contributed by atoms with Gasteiger partial charge in [0.25, 0.3) is 0 Å². The average molecular weight is 369 g/mol. The molecule has 116 valence electrons. The van der Waals surface area contributed by atoms with Crippen molar-refractivity contribution in [2.45, 2.75) is 57.4 Å². The standard InChI is InChI=1S/C17H25BrN2S/c18-16-2-1-15(21-16)6-14(20-19)10-17-7-11-3-12(8-17)5-13(4-11)9-17/h1-2,11-14,20H,3-10,19H2. The van der Waals surface area contributed by atoms with E-state index in [0.717, 1.165) is 24.2 Å². The summed E-state index contributed by atoms with van der Waals surface area (Å²) in [6.07, 6.45) is 11.4. The van der Waals surface area contributed by atoms with Crippen LogP contribution in [0.2, 0.25) is 0 Å². The van der Waals surface area contributed by atoms with Crippen molar-refractivity contribution in [3.05, 3.63) is 20.8 Å². The first-order chi connectivity index (χ1) is 10.1. The molecule has 1 unspecified atom stereocenters. The van der Waals surface area contributed by atoms with Crippen molar-refractivity contribution in [1.82, 2.24) is 5.43 Å². The highest BCUT2D eigenvalue weighted by Gasteiger charge is 2.51. The highest BCUT2D eigenvalue weighted by molar-refractivity contribution is 9.11. The number of nitrogens with one attached hydrogen (secondary N) is 1. The molecule has 0 amide bonds. The van der Waals surface area contributed by atoms with Crippen LogP contribution in [0.15, 0.2) is 15.9 Å². The first-order valence-corrected chi connectivity index (χ1v) is 9.95. The van der Waals surface area contributed by atoms with Gasteiger partial charge in [0.2, 0.25) is 0 Å². The molecule has 0 spiro atoms. The van der Waals surface area contributed by atoms with Gasteiger partial charge in [0.1, 0.15) is 0 Å². The summed E-state index contributed by atoms with van der Waals surface area (Å²) in [4.78, 5) is 1.44. The predicted molar refractivity (Wildman–Crippen MR) is 92.1 cm³/mol. The molecule has 4 heteroatoms. The minimum atomic E-state index is 0.437. The van der Waals surface area contributed by atoms with Crippen LogP contribution in [0.3, 0.4) is 0 Å². The Morgan fingerprint density at radius 2 is 1.81 bits per heavy atom. The summed E-state index contributed by atoms with van der Waals surface area (Å²) in [6, 6.07) is 4.82. The van der Waals surface area contributed by atoms with Crippen molar-refractivity contribution >= 4 is 27.3 Å². The van der Waals surface area contributed by atoms with E-state index in [-0.39, 0.29) is 0 Å². The zero-order chi connectivity index (χ0) is 14.4. The molecule has 3 N–H and O–H groups in total. The molecule has 0 aromatic carbocycles. The second-order valence-electron chi connectivity index (χ2n) is 7.90. The maximum atomic E-state index is 5.90. The van der Waals surface area contributed by atoms with Crippen LogP contribution in [0.4, 0.5) is 0 Å². The summed E-state index contributed by atoms with van der Waals surface area (Å²) >= 11 is 5.41. The van der Waals surface area contributed by atoms with E-state index in [0.29, 0.717) is 11.5 Å². The van der Waals surface area contributed by atoms with Crippen LogP contribution in [-0.2, 0) is 6.42 Å². The Balaban J connectivity index is 1.46. The Hall–Kier alpha value is 0.1000. The minimum absolute atomic E-state index is 0.437. The van der Waals surface area contributed by atoms with E-state index in [2.05, 4.69) is 33.5 Å². The molecule has 0 aliphatic heterocycles. The molecule has 0 radical (unpaired) electrons. The van der Waals surface area contributed by atoms with Crippen LogP contribution in [0, 0.1) is 23.2 Å². The van der Waals surface area contributed by atoms with E-state index in [4.69, 9.17) is 5.84 Å². The number of halogens is 1. The van der Waals surface area contributed by atoms with Gasteiger partial charge in [-0.3, -0.25) is 11.3 Å². The Morgan fingerprint density at radius 1 is 1.19 bits per heavy atom. The molecule has 1 aromatic heterocycles. The van der Waals surface area contributed by atoms with Gasteiger partial charge >= 0.3 is 0 Å². The SMILES string of the molecule is NNC(Cc1ccc(Br)s1)CC12CC3CC(CC(C3)C1)C2. The molecular weight excluding hydrogens is 344 g/mol. The van der Waals surface area contributed by atoms with E-state index in [1.165, 1.54) is 53.6 Å². The fraction of sp³-hybridized carbons (Fsp3) is 0.765. The number of hydrogen-bond donors (Lipinski definition) is 2. The molecule has 1 heterocycles. The largest absolute Gasteiger partial charge is 0.271 e. The fourth-order valence-corrected chi connectivity index (χ4v) is 7.52. The quantitative estimate of drug-likeness (QED) is 0.593. The predicted octanol–water partition coefficient (Wildman–Crippen LogP) is 4.49. The maximum Gasteiger partial charge on any atom is 0.0701 e. The van der Waals surface area contributed by atoms with Crippen molar-refractivity contribution in [3.63, 3.8) is 0 Å². The second-order valence-corrected chi connectivity index (χ2v) is 10.4. The van der Waals surface area contributed by atoms with Crippen molar-refractivity contribution in [2.24, 2.45) is 29.0 Å². The number of nitrogens with two attached hydrogens (primary N) is 1. The second kappa shape index (κ2) is 5.63. The molecule has 1 atom stereocenters. The van der Waals surface area contributed by atoms with E-state index < -0.39 is 0 Å². The smallest absolute Gasteiger partial charge is 0.0701 e. The molecular formula is C17H25BrN2S. The van der Waals surface area contributed by atoms with E-state index in [9.17, 15) is 0 Å². The van der Waals surface area contributed by atoms with E-state index in [1.807, 2.05) is 11.3 Å². The van der Waals surface area contributed by atoms with Crippen LogP contribution < -0.4 is 11.3 Å². The first kappa shape index (κ1) is 14.7. The maximum absolute atomic E-state index is 5.90. The molecule has 4 bridgehead atoms. The molecule has 4 aliphatic carbocycles. The van der Waals surface area contributed by atoms with Crippen LogP contribution in [0.25, 0.3) is 0 Å². The molecule has 5 rings (SSSR count). The third kappa shape index (κ3) is 2.97. The van der Waals surface area contributed by atoms with Crippen molar-refractivity contribution in [3.8, 4) is 0 Å². The highest BCUT2D eigenvalue weighted by atomic mass is 79.9. The summed E-state index contributed by atoms with van der Waals surface area (Å²) in [5, 5.41) is 0. The Labute approximate surface area is 140 Å². The van der Waals surface area contributed by atoms with Gasteiger partial charge in [-0.1, -0.05) is 0 Å². The first-order valence-electron chi connectivity index (χ1n) is 8.34. The number of thiophene rings is 1. The topological polar surface area (TPSA) is 38.0 Å². The van der Waals surface area contributed by atoms with Crippen molar-refractivity contribution < 1.29 is 0 Å². The lowest BCUT2D eigenvalue weighted by Gasteiger charge is -2.57. The Bertz CT molecular complexity index is 477. The lowest BCUT2D eigenvalue weighted by molar-refractivity contribution is -0.0619. The Morgan fingerprint density at radius 3 is 2.29 bits per heavy atom. The van der Waals surface area contributed by atoms with Gasteiger partial charge in [0, 0.05) is 10.9 Å². The van der Waals surface area contributed by atoms with Gasteiger partial charge in [0.05, 0.1) is 3.79 Å². The third-order valence-electron chi connectivity index (χ3n) is 6.16. The van der Waals surface area contributed by atoms with Crippen LogP contribution in [-0.4, -0.2) is 6.04 Å². The van der Waals surface area contributed by atoms with Crippen molar-refractivity contribution in [1.29, 1.82) is 0 Å². The zero-order valence-electron chi connectivity index (χ0n) is 12.5. The van der Waals surface area contributed by atoms with E-state index >= 15 is 0 Å². The van der Waals surface area contributed by atoms with Crippen LogP contribution in [0.1, 0.15) is 49.8 Å². The molecule has 1 aromatic rings. The molecule has 4 aliphatic rings. The van der Waals surface area contributed by atoms with Gasteiger partial charge < -0.3 is 0 Å². The summed E-state index contributed by atoms with van der Waals surface area (Å²) in [7, 11) is 0. The summed E-state index contributed by atoms with van der Waals surface area (Å²) < 4.78 is 1.23. The molecule has 4 saturated carbocycles. The van der Waals surface area contributed by atoms with Gasteiger partial charge in [-0.15, -0.1) is 11.3 Å². The molecule has 21 heavy (non-hydrogen) atoms. The number of hydrazine groups is 1. The van der Waals surface area contributed by atoms with Crippen molar-refractivity contribution in [2.75, 3.05) is 0 Å². The normalized spacial score (nSPS) is 38.9. The van der Waals surface area contributed by atoms with Crippen LogP contribution in [0.5, 0.6) is 0 Å². The summed E-state index contributed by atoms with van der Waals surface area (Å²) in [5.41, 5.74) is 3.74. The third-order valence-corrected chi connectivity index (χ3v) is 7.80. The molecule has 0 saturated heterocycles.